The molecule has 1 aliphatic carbocycles. The van der Waals surface area contributed by atoms with Crippen molar-refractivity contribution in [2.75, 3.05) is 0 Å². The molecule has 0 spiro atoms. The van der Waals surface area contributed by atoms with Gasteiger partial charge in [-0.1, -0.05) is 23.4 Å². The fourth-order valence-corrected chi connectivity index (χ4v) is 2.36. The normalized spacial score (nSPS) is 13.6. The monoisotopic (exact) mass is 229 g/mol. The summed E-state index contributed by atoms with van der Waals surface area (Å²) in [4.78, 5) is 10.7. The zero-order chi connectivity index (χ0) is 11.8. The first-order valence-corrected chi connectivity index (χ1v) is 5.57. The van der Waals surface area contributed by atoms with E-state index in [0.29, 0.717) is 5.69 Å². The molecule has 4 heteroatoms. The van der Waals surface area contributed by atoms with Gasteiger partial charge in [0.2, 0.25) is 5.76 Å². The summed E-state index contributed by atoms with van der Waals surface area (Å²) >= 11 is 0. The third-order valence-electron chi connectivity index (χ3n) is 3.14. The number of carboxylic acids is 1. The van der Waals surface area contributed by atoms with Crippen LogP contribution in [0.5, 0.6) is 0 Å². The molecule has 0 atom stereocenters. The van der Waals surface area contributed by atoms with Crippen LogP contribution < -0.4 is 0 Å². The number of aryl methyl sites for hydroxylation is 1. The summed E-state index contributed by atoms with van der Waals surface area (Å²) < 4.78 is 4.79. The van der Waals surface area contributed by atoms with Crippen molar-refractivity contribution < 1.29 is 14.4 Å². The molecule has 0 saturated heterocycles. The predicted octanol–water partition coefficient (Wildman–Crippen LogP) is 2.53. The minimum absolute atomic E-state index is 0.115. The number of aromatic carboxylic acids is 1. The van der Waals surface area contributed by atoms with E-state index in [1.807, 2.05) is 12.1 Å². The molecule has 0 fully saturated rings. The number of hydrogen-bond acceptors (Lipinski definition) is 3. The Morgan fingerprint density at radius 1 is 1.35 bits per heavy atom. The van der Waals surface area contributed by atoms with Crippen LogP contribution in [-0.4, -0.2) is 16.2 Å². The van der Waals surface area contributed by atoms with Gasteiger partial charge in [0, 0.05) is 11.6 Å². The molecule has 17 heavy (non-hydrogen) atoms. The zero-order valence-electron chi connectivity index (χ0n) is 9.14. The van der Waals surface area contributed by atoms with Gasteiger partial charge in [-0.2, -0.15) is 0 Å². The maximum absolute atomic E-state index is 10.7. The Labute approximate surface area is 97.9 Å². The van der Waals surface area contributed by atoms with E-state index in [1.165, 1.54) is 17.2 Å². The van der Waals surface area contributed by atoms with Crippen LogP contribution in [0.1, 0.15) is 28.1 Å². The summed E-state index contributed by atoms with van der Waals surface area (Å²) in [6.45, 7) is 0. The minimum atomic E-state index is -1.09. The SMILES string of the molecule is O=C(O)c1cc(-c2cccc3c2CCC3)no1. The van der Waals surface area contributed by atoms with Gasteiger partial charge in [0.15, 0.2) is 0 Å². The largest absolute Gasteiger partial charge is 0.475 e. The summed E-state index contributed by atoms with van der Waals surface area (Å²) in [6.07, 6.45) is 3.27. The first-order chi connectivity index (χ1) is 8.25. The van der Waals surface area contributed by atoms with Crippen LogP contribution in [0.3, 0.4) is 0 Å². The summed E-state index contributed by atoms with van der Waals surface area (Å²) in [5.74, 6) is -1.20. The molecule has 2 aromatic rings. The summed E-state index contributed by atoms with van der Waals surface area (Å²) in [5.41, 5.74) is 4.22. The first-order valence-electron chi connectivity index (χ1n) is 5.57. The number of carbonyl (C=O) groups is 1. The molecule has 1 heterocycles. The van der Waals surface area contributed by atoms with Gasteiger partial charge in [-0.25, -0.2) is 4.79 Å². The highest BCUT2D eigenvalue weighted by molar-refractivity contribution is 5.86. The molecule has 3 rings (SSSR count). The van der Waals surface area contributed by atoms with Gasteiger partial charge in [0.25, 0.3) is 0 Å². The molecule has 0 amide bonds. The zero-order valence-corrected chi connectivity index (χ0v) is 9.14. The fourth-order valence-electron chi connectivity index (χ4n) is 2.36. The van der Waals surface area contributed by atoms with Crippen molar-refractivity contribution >= 4 is 5.97 Å². The Hall–Kier alpha value is -2.10. The number of benzene rings is 1. The molecular formula is C13H11NO3. The number of carboxylic acid groups (broad SMARTS) is 1. The topological polar surface area (TPSA) is 63.3 Å². The molecule has 0 radical (unpaired) electrons. The summed E-state index contributed by atoms with van der Waals surface area (Å²) in [5, 5.41) is 12.6. The predicted molar refractivity (Wildman–Crippen MR) is 60.9 cm³/mol. The van der Waals surface area contributed by atoms with E-state index in [2.05, 4.69) is 11.2 Å². The van der Waals surface area contributed by atoms with Crippen molar-refractivity contribution in [3.63, 3.8) is 0 Å². The lowest BCUT2D eigenvalue weighted by Gasteiger charge is -2.04. The van der Waals surface area contributed by atoms with Crippen molar-refractivity contribution in [2.45, 2.75) is 19.3 Å². The molecule has 1 aromatic carbocycles. The molecular weight excluding hydrogens is 218 g/mol. The first kappa shape index (κ1) is 10.1. The average molecular weight is 229 g/mol. The third kappa shape index (κ3) is 1.62. The highest BCUT2D eigenvalue weighted by atomic mass is 16.5. The second-order valence-electron chi connectivity index (χ2n) is 4.18. The van der Waals surface area contributed by atoms with E-state index in [-0.39, 0.29) is 5.76 Å². The molecule has 1 aliphatic rings. The number of hydrogen-bond donors (Lipinski definition) is 1. The van der Waals surface area contributed by atoms with E-state index in [1.54, 1.807) is 0 Å². The van der Waals surface area contributed by atoms with E-state index in [4.69, 9.17) is 9.63 Å². The lowest BCUT2D eigenvalue weighted by atomic mass is 10.0. The van der Waals surface area contributed by atoms with Gasteiger partial charge < -0.3 is 9.63 Å². The van der Waals surface area contributed by atoms with Crippen molar-refractivity contribution in [3.8, 4) is 11.3 Å². The maximum atomic E-state index is 10.7. The minimum Gasteiger partial charge on any atom is -0.475 e. The summed E-state index contributed by atoms with van der Waals surface area (Å²) in [7, 11) is 0. The molecule has 0 unspecified atom stereocenters. The third-order valence-corrected chi connectivity index (χ3v) is 3.14. The van der Waals surface area contributed by atoms with Crippen LogP contribution in [0.2, 0.25) is 0 Å². The molecule has 1 N–H and O–H groups in total. The Bertz CT molecular complexity index is 586. The van der Waals surface area contributed by atoms with E-state index < -0.39 is 5.97 Å². The Morgan fingerprint density at radius 3 is 3.00 bits per heavy atom. The van der Waals surface area contributed by atoms with Crippen LogP contribution in [0.15, 0.2) is 28.8 Å². The highest BCUT2D eigenvalue weighted by Gasteiger charge is 2.19. The quantitative estimate of drug-likeness (QED) is 0.859. The molecule has 1 aromatic heterocycles. The Balaban J connectivity index is 2.09. The lowest BCUT2D eigenvalue weighted by Crippen LogP contribution is -1.92. The number of rotatable bonds is 2. The van der Waals surface area contributed by atoms with Crippen LogP contribution in [0, 0.1) is 0 Å². The van der Waals surface area contributed by atoms with Crippen molar-refractivity contribution in [1.82, 2.24) is 5.16 Å². The van der Waals surface area contributed by atoms with Crippen LogP contribution in [0.4, 0.5) is 0 Å². The molecule has 86 valence electrons. The van der Waals surface area contributed by atoms with Crippen LogP contribution >= 0.6 is 0 Å². The molecule has 0 aliphatic heterocycles. The van der Waals surface area contributed by atoms with Gasteiger partial charge in [0.05, 0.1) is 0 Å². The fraction of sp³-hybridized carbons (Fsp3) is 0.231. The second kappa shape index (κ2) is 3.73. The maximum Gasteiger partial charge on any atom is 0.374 e. The lowest BCUT2D eigenvalue weighted by molar-refractivity contribution is 0.0652. The van der Waals surface area contributed by atoms with Gasteiger partial charge in [-0.3, -0.25) is 0 Å². The second-order valence-corrected chi connectivity index (χ2v) is 4.18. The van der Waals surface area contributed by atoms with Crippen molar-refractivity contribution in [3.05, 3.63) is 41.2 Å². The van der Waals surface area contributed by atoms with Gasteiger partial charge in [-0.05, 0) is 30.4 Å². The highest BCUT2D eigenvalue weighted by Crippen LogP contribution is 2.31. The van der Waals surface area contributed by atoms with Crippen molar-refractivity contribution in [2.24, 2.45) is 0 Å². The van der Waals surface area contributed by atoms with E-state index in [9.17, 15) is 4.79 Å². The summed E-state index contributed by atoms with van der Waals surface area (Å²) in [6, 6.07) is 7.54. The van der Waals surface area contributed by atoms with Gasteiger partial charge in [-0.15, -0.1) is 0 Å². The standard InChI is InChI=1S/C13H11NO3/c15-13(16)12-7-11(14-17-12)10-6-2-4-8-3-1-5-9(8)10/h2,4,6-7H,1,3,5H2,(H,15,16). The van der Waals surface area contributed by atoms with Crippen molar-refractivity contribution in [1.29, 1.82) is 0 Å². The number of nitrogens with zero attached hydrogens (tertiary/aromatic N) is 1. The molecule has 4 nitrogen and oxygen atoms in total. The smallest absolute Gasteiger partial charge is 0.374 e. The Morgan fingerprint density at radius 2 is 2.24 bits per heavy atom. The average Bonchev–Trinajstić information content (AvgIpc) is 2.97. The van der Waals surface area contributed by atoms with Gasteiger partial charge >= 0.3 is 5.97 Å². The molecule has 0 saturated carbocycles. The van der Waals surface area contributed by atoms with Gasteiger partial charge in [0.1, 0.15) is 5.69 Å². The number of aromatic nitrogens is 1. The van der Waals surface area contributed by atoms with E-state index in [0.717, 1.165) is 24.8 Å². The Kier molecular flexibility index (Phi) is 2.21. The van der Waals surface area contributed by atoms with Crippen LogP contribution in [0.25, 0.3) is 11.3 Å². The molecule has 0 bridgehead atoms. The van der Waals surface area contributed by atoms with Crippen LogP contribution in [-0.2, 0) is 12.8 Å². The number of fused-ring (bicyclic) bond motifs is 1. The van der Waals surface area contributed by atoms with E-state index >= 15 is 0 Å².